The smallest absolute Gasteiger partial charge is 0.337 e. The first-order valence-corrected chi connectivity index (χ1v) is 5.37. The summed E-state index contributed by atoms with van der Waals surface area (Å²) in [4.78, 5) is 22.0. The number of carboxylic acid groups (broad SMARTS) is 1. The van der Waals surface area contributed by atoms with Crippen LogP contribution in [0.4, 0.5) is 5.69 Å². The standard InChI is InChI=1S/C10H10BrNO3/c1-6-3-2-4-7(10(14)15)9(6)12-8(13)5-11/h2-4H,5H2,1H3,(H,12,13)(H,14,15). The molecule has 0 heterocycles. The highest BCUT2D eigenvalue weighted by Crippen LogP contribution is 2.20. The fourth-order valence-corrected chi connectivity index (χ4v) is 1.32. The Kier molecular flexibility index (Phi) is 3.85. The molecule has 0 aromatic heterocycles. The molecule has 4 nitrogen and oxygen atoms in total. The van der Waals surface area contributed by atoms with E-state index in [0.717, 1.165) is 5.56 Å². The number of aryl methyl sites for hydroxylation is 1. The normalized spacial score (nSPS) is 9.73. The zero-order valence-corrected chi connectivity index (χ0v) is 9.67. The molecule has 15 heavy (non-hydrogen) atoms. The number of alkyl halides is 1. The molecule has 0 saturated heterocycles. The maximum Gasteiger partial charge on any atom is 0.337 e. The predicted molar refractivity (Wildman–Crippen MR) is 60.6 cm³/mol. The summed E-state index contributed by atoms with van der Waals surface area (Å²) in [5.41, 5.74) is 1.18. The van der Waals surface area contributed by atoms with Crippen molar-refractivity contribution < 1.29 is 14.7 Å². The van der Waals surface area contributed by atoms with Crippen LogP contribution in [0.3, 0.4) is 0 Å². The maximum atomic E-state index is 11.2. The van der Waals surface area contributed by atoms with Gasteiger partial charge in [0.2, 0.25) is 5.91 Å². The zero-order valence-electron chi connectivity index (χ0n) is 8.08. The second kappa shape index (κ2) is 4.93. The largest absolute Gasteiger partial charge is 0.478 e. The molecule has 0 aliphatic rings. The van der Waals surface area contributed by atoms with E-state index in [0.29, 0.717) is 5.69 Å². The number of anilines is 1. The highest BCUT2D eigenvalue weighted by atomic mass is 79.9. The van der Waals surface area contributed by atoms with Gasteiger partial charge in [0, 0.05) is 0 Å². The quantitative estimate of drug-likeness (QED) is 0.827. The van der Waals surface area contributed by atoms with Crippen LogP contribution in [0, 0.1) is 6.92 Å². The summed E-state index contributed by atoms with van der Waals surface area (Å²) in [7, 11) is 0. The Hall–Kier alpha value is -1.36. The molecule has 0 spiro atoms. The molecule has 0 fully saturated rings. The van der Waals surface area contributed by atoms with E-state index in [1.54, 1.807) is 19.1 Å². The van der Waals surface area contributed by atoms with E-state index in [2.05, 4.69) is 21.2 Å². The van der Waals surface area contributed by atoms with E-state index in [1.807, 2.05) is 0 Å². The van der Waals surface area contributed by atoms with Gasteiger partial charge in [-0.3, -0.25) is 4.79 Å². The third-order valence-corrected chi connectivity index (χ3v) is 2.40. The van der Waals surface area contributed by atoms with Gasteiger partial charge in [-0.25, -0.2) is 4.79 Å². The van der Waals surface area contributed by atoms with E-state index in [4.69, 9.17) is 5.11 Å². The fourth-order valence-electron chi connectivity index (χ4n) is 1.18. The number of carbonyl (C=O) groups excluding carboxylic acids is 1. The van der Waals surface area contributed by atoms with Crippen molar-refractivity contribution in [2.24, 2.45) is 0 Å². The number of rotatable bonds is 3. The average Bonchev–Trinajstić information content (AvgIpc) is 2.20. The number of halogens is 1. The highest BCUT2D eigenvalue weighted by Gasteiger charge is 2.13. The van der Waals surface area contributed by atoms with E-state index in [-0.39, 0.29) is 16.8 Å². The predicted octanol–water partition coefficient (Wildman–Crippen LogP) is 2.03. The number of benzene rings is 1. The van der Waals surface area contributed by atoms with E-state index < -0.39 is 5.97 Å². The number of nitrogens with one attached hydrogen (secondary N) is 1. The lowest BCUT2D eigenvalue weighted by atomic mass is 10.1. The molecule has 1 amide bonds. The van der Waals surface area contributed by atoms with E-state index in [9.17, 15) is 9.59 Å². The van der Waals surface area contributed by atoms with Crippen molar-refractivity contribution in [3.05, 3.63) is 29.3 Å². The molecule has 80 valence electrons. The minimum absolute atomic E-state index is 0.101. The van der Waals surface area contributed by atoms with Gasteiger partial charge in [-0.05, 0) is 18.6 Å². The Morgan fingerprint density at radius 1 is 1.47 bits per heavy atom. The molecule has 1 rings (SSSR count). The molecule has 0 radical (unpaired) electrons. The van der Waals surface area contributed by atoms with Gasteiger partial charge in [0.15, 0.2) is 0 Å². The van der Waals surface area contributed by atoms with Crippen molar-refractivity contribution in [3.8, 4) is 0 Å². The van der Waals surface area contributed by atoms with E-state index in [1.165, 1.54) is 6.07 Å². The van der Waals surface area contributed by atoms with Crippen LogP contribution in [-0.4, -0.2) is 22.3 Å². The van der Waals surface area contributed by atoms with Crippen molar-refractivity contribution in [3.63, 3.8) is 0 Å². The van der Waals surface area contributed by atoms with Crippen LogP contribution in [0.1, 0.15) is 15.9 Å². The monoisotopic (exact) mass is 271 g/mol. The fraction of sp³-hybridized carbons (Fsp3) is 0.200. The minimum atomic E-state index is -1.05. The summed E-state index contributed by atoms with van der Waals surface area (Å²) >= 11 is 3.00. The molecule has 0 bridgehead atoms. The van der Waals surface area contributed by atoms with Crippen LogP contribution in [0.5, 0.6) is 0 Å². The van der Waals surface area contributed by atoms with Crippen LogP contribution in [0.15, 0.2) is 18.2 Å². The molecule has 1 aromatic rings. The zero-order chi connectivity index (χ0) is 11.4. The van der Waals surface area contributed by atoms with E-state index >= 15 is 0 Å². The first-order valence-electron chi connectivity index (χ1n) is 4.25. The van der Waals surface area contributed by atoms with Gasteiger partial charge in [0.1, 0.15) is 0 Å². The minimum Gasteiger partial charge on any atom is -0.478 e. The summed E-state index contributed by atoms with van der Waals surface area (Å²) < 4.78 is 0. The Balaban J connectivity index is 3.13. The Labute approximate surface area is 95.4 Å². The Morgan fingerprint density at radius 3 is 2.67 bits per heavy atom. The van der Waals surface area contributed by atoms with Crippen LogP contribution in [0.25, 0.3) is 0 Å². The molecule has 0 saturated carbocycles. The molecule has 1 aromatic carbocycles. The second-order valence-electron chi connectivity index (χ2n) is 2.98. The Bertz CT molecular complexity index is 404. The number of carboxylic acids is 1. The molecule has 5 heteroatoms. The molecule has 0 atom stereocenters. The summed E-state index contributed by atoms with van der Waals surface area (Å²) in [5, 5.41) is 11.6. The van der Waals surface area contributed by atoms with Gasteiger partial charge in [0.25, 0.3) is 0 Å². The van der Waals surface area contributed by atoms with Gasteiger partial charge in [-0.15, -0.1) is 0 Å². The SMILES string of the molecule is Cc1cccc(C(=O)O)c1NC(=O)CBr. The first kappa shape index (κ1) is 11.7. The Morgan fingerprint density at radius 2 is 2.13 bits per heavy atom. The molecular formula is C10H10BrNO3. The number of aromatic carboxylic acids is 1. The van der Waals surface area contributed by atoms with Crippen LogP contribution >= 0.6 is 15.9 Å². The van der Waals surface area contributed by atoms with Crippen molar-refractivity contribution in [2.45, 2.75) is 6.92 Å². The van der Waals surface area contributed by atoms with Crippen molar-refractivity contribution in [1.82, 2.24) is 0 Å². The third-order valence-electron chi connectivity index (χ3n) is 1.89. The van der Waals surface area contributed by atoms with Gasteiger partial charge in [0.05, 0.1) is 16.6 Å². The maximum absolute atomic E-state index is 11.2. The second-order valence-corrected chi connectivity index (χ2v) is 3.55. The number of hydrogen-bond donors (Lipinski definition) is 2. The number of para-hydroxylation sites is 1. The average molecular weight is 272 g/mol. The van der Waals surface area contributed by atoms with Crippen LogP contribution in [-0.2, 0) is 4.79 Å². The summed E-state index contributed by atoms with van der Waals surface area (Å²) in [6.07, 6.45) is 0. The number of carbonyl (C=O) groups is 2. The van der Waals surface area contributed by atoms with Crippen molar-refractivity contribution in [1.29, 1.82) is 0 Å². The lowest BCUT2D eigenvalue weighted by molar-refractivity contribution is -0.113. The lowest BCUT2D eigenvalue weighted by Crippen LogP contribution is -2.16. The molecule has 0 aliphatic heterocycles. The van der Waals surface area contributed by atoms with Crippen LogP contribution < -0.4 is 5.32 Å². The molecule has 0 aliphatic carbocycles. The van der Waals surface area contributed by atoms with Crippen molar-refractivity contribution in [2.75, 3.05) is 10.6 Å². The van der Waals surface area contributed by atoms with Gasteiger partial charge < -0.3 is 10.4 Å². The van der Waals surface area contributed by atoms with Gasteiger partial charge in [-0.1, -0.05) is 28.1 Å². The van der Waals surface area contributed by atoms with Gasteiger partial charge in [-0.2, -0.15) is 0 Å². The van der Waals surface area contributed by atoms with Crippen LogP contribution in [0.2, 0.25) is 0 Å². The van der Waals surface area contributed by atoms with Crippen molar-refractivity contribution >= 4 is 33.5 Å². The summed E-state index contributed by atoms with van der Waals surface area (Å²) in [6.45, 7) is 1.75. The summed E-state index contributed by atoms with van der Waals surface area (Å²) in [5.74, 6) is -1.32. The van der Waals surface area contributed by atoms with Gasteiger partial charge >= 0.3 is 5.97 Å². The molecule has 2 N–H and O–H groups in total. The first-order chi connectivity index (χ1) is 7.06. The topological polar surface area (TPSA) is 66.4 Å². The molecule has 0 unspecified atom stereocenters. The highest BCUT2D eigenvalue weighted by molar-refractivity contribution is 9.09. The lowest BCUT2D eigenvalue weighted by Gasteiger charge is -2.10. The summed E-state index contributed by atoms with van der Waals surface area (Å²) in [6, 6.07) is 4.85. The molecular weight excluding hydrogens is 262 g/mol. The number of amides is 1. The third kappa shape index (κ3) is 2.79. The number of hydrogen-bond acceptors (Lipinski definition) is 2.